The maximum absolute atomic E-state index is 10.3. The molecule has 0 saturated carbocycles. The summed E-state index contributed by atoms with van der Waals surface area (Å²) < 4.78 is 0. The van der Waals surface area contributed by atoms with Crippen LogP contribution in [0.25, 0.3) is 22.5 Å². The molecule has 0 bridgehead atoms. The van der Waals surface area contributed by atoms with Crippen molar-refractivity contribution in [3.63, 3.8) is 0 Å². The molecule has 0 fully saturated rings. The van der Waals surface area contributed by atoms with E-state index in [4.69, 9.17) is 5.73 Å². The zero-order valence-electron chi connectivity index (χ0n) is 14.6. The molecule has 3 aromatic rings. The number of hydrogen-bond acceptors (Lipinski definition) is 6. The fraction of sp³-hybridized carbons (Fsp3) is 0.200. The van der Waals surface area contributed by atoms with E-state index < -0.39 is 0 Å². The highest BCUT2D eigenvalue weighted by Gasteiger charge is 2.11. The molecule has 0 amide bonds. The lowest BCUT2D eigenvalue weighted by Crippen LogP contribution is -2.28. The molecule has 0 unspecified atom stereocenters. The summed E-state index contributed by atoms with van der Waals surface area (Å²) in [6.45, 7) is 2.65. The number of nitrogens with zero attached hydrogens (tertiary/aromatic N) is 2. The molecule has 5 N–H and O–H groups in total. The van der Waals surface area contributed by atoms with E-state index in [9.17, 15) is 10.2 Å². The summed E-state index contributed by atoms with van der Waals surface area (Å²) in [5, 5.41) is 22.9. The lowest BCUT2D eigenvalue weighted by Gasteiger charge is -2.12. The van der Waals surface area contributed by atoms with Crippen LogP contribution in [0.15, 0.2) is 54.7 Å². The van der Waals surface area contributed by atoms with Crippen LogP contribution in [0.4, 0.5) is 5.82 Å². The van der Waals surface area contributed by atoms with Crippen LogP contribution in [0.1, 0.15) is 13.3 Å². The fourth-order valence-corrected chi connectivity index (χ4v) is 2.52. The minimum atomic E-state index is 0.0552. The highest BCUT2D eigenvalue weighted by molar-refractivity contribution is 5.74. The summed E-state index contributed by atoms with van der Waals surface area (Å²) >= 11 is 0. The molecular weight excluding hydrogens is 328 g/mol. The molecule has 6 heteroatoms. The number of aromatic hydroxyl groups is 2. The molecule has 0 saturated heterocycles. The first kappa shape index (κ1) is 17.7. The Morgan fingerprint density at radius 3 is 2.50 bits per heavy atom. The van der Waals surface area contributed by atoms with Gasteiger partial charge in [-0.25, -0.2) is 9.97 Å². The van der Waals surface area contributed by atoms with E-state index >= 15 is 0 Å². The van der Waals surface area contributed by atoms with Crippen molar-refractivity contribution in [1.29, 1.82) is 0 Å². The second-order valence-electron chi connectivity index (χ2n) is 6.09. The number of hydrogen-bond donors (Lipinski definition) is 4. The van der Waals surface area contributed by atoms with E-state index in [0.29, 0.717) is 23.8 Å². The van der Waals surface area contributed by atoms with Gasteiger partial charge in [0, 0.05) is 18.8 Å². The molecule has 0 spiro atoms. The van der Waals surface area contributed by atoms with Gasteiger partial charge in [0.2, 0.25) is 0 Å². The molecular formula is C20H22N4O2. The number of phenolic OH excluding ortho intramolecular Hbond substituents is 2. The molecule has 1 aromatic heterocycles. The standard InChI is InChI=1S/C20H22N4O2/c1-2-15(21)12-23-19-9-10-22-20(24-19)17-11-14(5-8-18(17)26)13-3-6-16(25)7-4-13/h3-11,15,25-26H,2,12,21H2,1H3,(H,22,23,24)/t15-/m1/s1. The Balaban J connectivity index is 1.91. The van der Waals surface area contributed by atoms with Gasteiger partial charge in [-0.2, -0.15) is 0 Å². The predicted octanol–water partition coefficient (Wildman–Crippen LogP) is 3.37. The number of rotatable bonds is 6. The largest absolute Gasteiger partial charge is 0.508 e. The van der Waals surface area contributed by atoms with Crippen LogP contribution < -0.4 is 11.1 Å². The summed E-state index contributed by atoms with van der Waals surface area (Å²) in [7, 11) is 0. The number of anilines is 1. The van der Waals surface area contributed by atoms with Crippen LogP contribution in [0, 0.1) is 0 Å². The normalized spacial score (nSPS) is 11.9. The first-order valence-corrected chi connectivity index (χ1v) is 8.52. The molecule has 134 valence electrons. The zero-order chi connectivity index (χ0) is 18.5. The van der Waals surface area contributed by atoms with Crippen LogP contribution >= 0.6 is 0 Å². The fourth-order valence-electron chi connectivity index (χ4n) is 2.52. The Labute approximate surface area is 152 Å². The van der Waals surface area contributed by atoms with Crippen molar-refractivity contribution in [2.24, 2.45) is 5.73 Å². The molecule has 1 atom stereocenters. The van der Waals surface area contributed by atoms with Gasteiger partial charge in [0.05, 0.1) is 5.56 Å². The average Bonchev–Trinajstić information content (AvgIpc) is 2.67. The highest BCUT2D eigenvalue weighted by atomic mass is 16.3. The van der Waals surface area contributed by atoms with Gasteiger partial charge in [-0.15, -0.1) is 0 Å². The molecule has 0 aliphatic heterocycles. The SMILES string of the molecule is CC[C@@H](N)CNc1ccnc(-c2cc(-c3ccc(O)cc3)ccc2O)n1. The molecule has 0 aliphatic carbocycles. The summed E-state index contributed by atoms with van der Waals surface area (Å²) in [5.41, 5.74) is 8.29. The average molecular weight is 350 g/mol. The minimum absolute atomic E-state index is 0.0552. The van der Waals surface area contributed by atoms with E-state index in [1.165, 1.54) is 0 Å². The zero-order valence-corrected chi connectivity index (χ0v) is 14.6. The van der Waals surface area contributed by atoms with Gasteiger partial charge >= 0.3 is 0 Å². The van der Waals surface area contributed by atoms with Crippen molar-refractivity contribution >= 4 is 5.82 Å². The van der Waals surface area contributed by atoms with Crippen molar-refractivity contribution < 1.29 is 10.2 Å². The number of nitrogens with one attached hydrogen (secondary N) is 1. The summed E-state index contributed by atoms with van der Waals surface area (Å²) in [6.07, 6.45) is 2.52. The van der Waals surface area contributed by atoms with Crippen molar-refractivity contribution in [2.45, 2.75) is 19.4 Å². The summed E-state index contributed by atoms with van der Waals surface area (Å²) in [5.74, 6) is 1.40. The summed E-state index contributed by atoms with van der Waals surface area (Å²) in [6, 6.07) is 14.0. The Morgan fingerprint density at radius 2 is 1.77 bits per heavy atom. The molecule has 6 nitrogen and oxygen atoms in total. The van der Waals surface area contributed by atoms with Crippen LogP contribution in [0.2, 0.25) is 0 Å². The smallest absolute Gasteiger partial charge is 0.165 e. The van der Waals surface area contributed by atoms with E-state index in [2.05, 4.69) is 15.3 Å². The number of aromatic nitrogens is 2. The quantitative estimate of drug-likeness (QED) is 0.543. The Hall–Kier alpha value is -3.12. The van der Waals surface area contributed by atoms with Crippen LogP contribution in [0.5, 0.6) is 11.5 Å². The van der Waals surface area contributed by atoms with Crippen molar-refractivity contribution in [1.82, 2.24) is 9.97 Å². The first-order valence-electron chi connectivity index (χ1n) is 8.52. The second kappa shape index (κ2) is 7.84. The highest BCUT2D eigenvalue weighted by Crippen LogP contribution is 2.32. The molecule has 1 heterocycles. The van der Waals surface area contributed by atoms with Crippen molar-refractivity contribution in [2.75, 3.05) is 11.9 Å². The molecule has 26 heavy (non-hydrogen) atoms. The maximum Gasteiger partial charge on any atom is 0.165 e. The Kier molecular flexibility index (Phi) is 5.34. The van der Waals surface area contributed by atoms with Crippen LogP contribution in [-0.4, -0.2) is 32.8 Å². The monoisotopic (exact) mass is 350 g/mol. The number of phenols is 2. The maximum atomic E-state index is 10.3. The van der Waals surface area contributed by atoms with Crippen molar-refractivity contribution in [3.05, 3.63) is 54.7 Å². The third-order valence-corrected chi connectivity index (χ3v) is 4.16. The Bertz CT molecular complexity index is 881. The van der Waals surface area contributed by atoms with Gasteiger partial charge in [0.1, 0.15) is 17.3 Å². The lowest BCUT2D eigenvalue weighted by atomic mass is 10.0. The number of benzene rings is 2. The van der Waals surface area contributed by atoms with Gasteiger partial charge in [-0.3, -0.25) is 0 Å². The predicted molar refractivity (Wildman–Crippen MR) is 103 cm³/mol. The van der Waals surface area contributed by atoms with Crippen LogP contribution in [0.3, 0.4) is 0 Å². The van der Waals surface area contributed by atoms with Gasteiger partial charge < -0.3 is 21.3 Å². The molecule has 2 aromatic carbocycles. The molecule has 0 aliphatic rings. The first-order chi connectivity index (χ1) is 12.6. The third-order valence-electron chi connectivity index (χ3n) is 4.16. The molecule has 0 radical (unpaired) electrons. The topological polar surface area (TPSA) is 104 Å². The van der Waals surface area contributed by atoms with Gasteiger partial charge in [0.15, 0.2) is 5.82 Å². The summed E-state index contributed by atoms with van der Waals surface area (Å²) in [4.78, 5) is 8.77. The van der Waals surface area contributed by atoms with Crippen molar-refractivity contribution in [3.8, 4) is 34.0 Å². The van der Waals surface area contributed by atoms with Gasteiger partial charge in [-0.1, -0.05) is 25.1 Å². The second-order valence-corrected chi connectivity index (χ2v) is 6.09. The van der Waals surface area contributed by atoms with E-state index in [-0.39, 0.29) is 17.5 Å². The van der Waals surface area contributed by atoms with E-state index in [0.717, 1.165) is 17.5 Å². The third kappa shape index (κ3) is 4.10. The lowest BCUT2D eigenvalue weighted by molar-refractivity contribution is 0.475. The van der Waals surface area contributed by atoms with E-state index in [1.54, 1.807) is 30.5 Å². The van der Waals surface area contributed by atoms with Gasteiger partial charge in [0.25, 0.3) is 0 Å². The van der Waals surface area contributed by atoms with Gasteiger partial charge in [-0.05, 0) is 47.9 Å². The molecule has 3 rings (SSSR count). The van der Waals surface area contributed by atoms with E-state index in [1.807, 2.05) is 31.2 Å². The Morgan fingerprint density at radius 1 is 1.04 bits per heavy atom. The minimum Gasteiger partial charge on any atom is -0.508 e. The van der Waals surface area contributed by atoms with Crippen LogP contribution in [-0.2, 0) is 0 Å². The number of nitrogens with two attached hydrogens (primary N) is 1.